The summed E-state index contributed by atoms with van der Waals surface area (Å²) >= 11 is 0. The fourth-order valence-corrected chi connectivity index (χ4v) is 6.00. The van der Waals surface area contributed by atoms with Crippen LogP contribution in [0.2, 0.25) is 0 Å². The number of likely N-dealkylation sites (tertiary alicyclic amines) is 1. The lowest BCUT2D eigenvalue weighted by Gasteiger charge is -2.30. The summed E-state index contributed by atoms with van der Waals surface area (Å²) in [6.07, 6.45) is 6.51. The summed E-state index contributed by atoms with van der Waals surface area (Å²) in [4.78, 5) is 18.8. The molecule has 3 aliphatic rings. The molecule has 1 saturated carbocycles. The quantitative estimate of drug-likeness (QED) is 0.403. The molecule has 0 amide bonds. The molecule has 2 aromatic carbocycles. The third-order valence-electron chi connectivity index (χ3n) is 8.24. The highest BCUT2D eigenvalue weighted by Gasteiger charge is 2.34. The van der Waals surface area contributed by atoms with Gasteiger partial charge < -0.3 is 24.9 Å². The van der Waals surface area contributed by atoms with E-state index in [2.05, 4.69) is 51.4 Å². The second kappa shape index (κ2) is 9.39. The molecule has 2 fully saturated rings. The lowest BCUT2D eigenvalue weighted by Crippen LogP contribution is -2.40. The van der Waals surface area contributed by atoms with E-state index in [0.717, 1.165) is 53.4 Å². The summed E-state index contributed by atoms with van der Waals surface area (Å²) in [7, 11) is 2.12. The molecule has 4 heterocycles. The van der Waals surface area contributed by atoms with E-state index in [0.29, 0.717) is 24.6 Å². The predicted octanol–water partition coefficient (Wildman–Crippen LogP) is 4.53. The van der Waals surface area contributed by atoms with Gasteiger partial charge in [0.1, 0.15) is 6.29 Å². The van der Waals surface area contributed by atoms with Crippen LogP contribution in [0.5, 0.6) is 0 Å². The van der Waals surface area contributed by atoms with E-state index in [4.69, 9.17) is 10.7 Å². The first-order chi connectivity index (χ1) is 17.8. The number of carbonyl (C=O) groups is 1. The van der Waals surface area contributed by atoms with Gasteiger partial charge in [-0.05, 0) is 82.8 Å². The molecule has 3 N–H and O–H groups in total. The van der Waals surface area contributed by atoms with Crippen LogP contribution in [-0.4, -0.2) is 56.6 Å². The maximum absolute atomic E-state index is 11.5. The molecule has 7 nitrogen and oxygen atoms in total. The Bertz CT molecular complexity index is 1450. The zero-order valence-corrected chi connectivity index (χ0v) is 21.9. The highest BCUT2D eigenvalue weighted by molar-refractivity contribution is 5.92. The maximum Gasteiger partial charge on any atom is 0.157 e. The Morgan fingerprint density at radius 1 is 1.16 bits per heavy atom. The van der Waals surface area contributed by atoms with Crippen LogP contribution in [0.25, 0.3) is 33.5 Å². The van der Waals surface area contributed by atoms with Gasteiger partial charge in [-0.2, -0.15) is 0 Å². The third kappa shape index (κ3) is 4.60. The Morgan fingerprint density at radius 3 is 2.68 bits per heavy atom. The average molecular weight is 500 g/mol. The monoisotopic (exact) mass is 499 g/mol. The highest BCUT2D eigenvalue weighted by atomic mass is 16.3. The fourth-order valence-electron chi connectivity index (χ4n) is 6.00. The van der Waals surface area contributed by atoms with Crippen LogP contribution in [0.4, 0.5) is 0 Å². The van der Waals surface area contributed by atoms with Crippen molar-refractivity contribution in [1.82, 2.24) is 19.0 Å². The molecule has 0 spiro atoms. The van der Waals surface area contributed by atoms with Gasteiger partial charge in [0, 0.05) is 47.7 Å². The molecule has 4 aromatic rings. The number of aliphatic hydroxyl groups is 1. The number of aldehydes is 1. The lowest BCUT2D eigenvalue weighted by atomic mass is 9.87. The zero-order valence-electron chi connectivity index (χ0n) is 21.9. The molecule has 194 valence electrons. The van der Waals surface area contributed by atoms with Gasteiger partial charge in [-0.15, -0.1) is 0 Å². The van der Waals surface area contributed by atoms with E-state index in [-0.39, 0.29) is 0 Å². The summed E-state index contributed by atoms with van der Waals surface area (Å²) < 4.78 is 4.64. The highest BCUT2D eigenvalue weighted by Crippen LogP contribution is 2.41. The van der Waals surface area contributed by atoms with E-state index in [1.54, 1.807) is 0 Å². The number of para-hydroxylation sites is 1. The van der Waals surface area contributed by atoms with E-state index in [9.17, 15) is 9.90 Å². The molecule has 2 atom stereocenters. The molecular formula is C30H37N5O2. The second-order valence-corrected chi connectivity index (χ2v) is 11.5. The minimum atomic E-state index is -0.953. The SMILES string of the molecule is CC1(O)CCn2c(-c3cc4ccccc4n3CC3CC3)nc3cc(C=O)cc1c32.CN1CCCC(N)C1. The van der Waals surface area contributed by atoms with Crippen LogP contribution in [-0.2, 0) is 18.7 Å². The molecule has 7 heteroatoms. The van der Waals surface area contributed by atoms with Gasteiger partial charge in [0.25, 0.3) is 0 Å². The predicted molar refractivity (Wildman–Crippen MR) is 148 cm³/mol. The normalized spacial score (nSPS) is 23.7. The summed E-state index contributed by atoms with van der Waals surface area (Å²) in [5, 5.41) is 12.2. The number of rotatable bonds is 4. The van der Waals surface area contributed by atoms with Crippen molar-refractivity contribution < 1.29 is 9.90 Å². The van der Waals surface area contributed by atoms with Gasteiger partial charge in [-0.3, -0.25) is 4.79 Å². The minimum Gasteiger partial charge on any atom is -0.385 e. The van der Waals surface area contributed by atoms with Crippen molar-refractivity contribution in [2.24, 2.45) is 11.7 Å². The first-order valence-corrected chi connectivity index (χ1v) is 13.6. The standard InChI is InChI=1S/C24H23N3O2.C6H14N2/c1-24(29)8-9-26-22-18(24)10-16(14-28)11-19(22)25-23(26)21-12-17-4-2-3-5-20(17)27(21)13-15-6-7-15;1-8-4-2-3-6(7)5-8/h2-5,10-12,14-15,29H,6-9,13H2,1H3;6H,2-5,7H2,1H3. The Hall–Kier alpha value is -3.00. The molecule has 2 aromatic heterocycles. The lowest BCUT2D eigenvalue weighted by molar-refractivity contribution is 0.0399. The van der Waals surface area contributed by atoms with Crippen molar-refractivity contribution in [3.63, 3.8) is 0 Å². The molecule has 37 heavy (non-hydrogen) atoms. The average Bonchev–Trinajstić information content (AvgIpc) is 3.52. The van der Waals surface area contributed by atoms with Crippen LogP contribution >= 0.6 is 0 Å². The van der Waals surface area contributed by atoms with Crippen LogP contribution < -0.4 is 5.73 Å². The number of aryl methyl sites for hydroxylation is 1. The first-order valence-electron chi connectivity index (χ1n) is 13.6. The van der Waals surface area contributed by atoms with E-state index in [1.165, 1.54) is 43.1 Å². The molecule has 1 saturated heterocycles. The van der Waals surface area contributed by atoms with Crippen molar-refractivity contribution in [2.45, 2.75) is 63.8 Å². The van der Waals surface area contributed by atoms with Gasteiger partial charge >= 0.3 is 0 Å². The number of carbonyl (C=O) groups excluding carboxylic acids is 1. The summed E-state index contributed by atoms with van der Waals surface area (Å²) in [6, 6.07) is 14.8. The number of fused-ring (bicyclic) bond motifs is 1. The number of hydrogen-bond donors (Lipinski definition) is 2. The molecule has 2 aliphatic heterocycles. The Balaban J connectivity index is 0.000000272. The van der Waals surface area contributed by atoms with Crippen LogP contribution in [0, 0.1) is 5.92 Å². The maximum atomic E-state index is 11.5. The number of nitrogens with two attached hydrogens (primary N) is 1. The van der Waals surface area contributed by atoms with Crippen molar-refractivity contribution in [3.8, 4) is 11.5 Å². The van der Waals surface area contributed by atoms with Crippen molar-refractivity contribution in [2.75, 3.05) is 20.1 Å². The number of likely N-dealkylation sites (N-methyl/N-ethyl adjacent to an activating group) is 1. The summed E-state index contributed by atoms with van der Waals surface area (Å²) in [5.74, 6) is 1.67. The summed E-state index contributed by atoms with van der Waals surface area (Å²) in [5.41, 5.74) is 10.2. The van der Waals surface area contributed by atoms with Gasteiger partial charge in [0.15, 0.2) is 5.82 Å². The number of hydrogen-bond acceptors (Lipinski definition) is 5. The first kappa shape index (κ1) is 24.3. The zero-order chi connectivity index (χ0) is 25.7. The van der Waals surface area contributed by atoms with Crippen LogP contribution in [0.3, 0.4) is 0 Å². The Kier molecular flexibility index (Phi) is 6.18. The van der Waals surface area contributed by atoms with Crippen molar-refractivity contribution in [3.05, 3.63) is 53.6 Å². The molecule has 0 radical (unpaired) electrons. The van der Waals surface area contributed by atoms with Crippen molar-refractivity contribution >= 4 is 28.2 Å². The summed E-state index contributed by atoms with van der Waals surface area (Å²) in [6.45, 7) is 5.86. The second-order valence-electron chi connectivity index (χ2n) is 11.5. The number of piperidine rings is 1. The van der Waals surface area contributed by atoms with Gasteiger partial charge in [0.05, 0.1) is 22.3 Å². The van der Waals surface area contributed by atoms with Crippen LogP contribution in [0.15, 0.2) is 42.5 Å². The minimum absolute atomic E-state index is 0.439. The molecule has 7 rings (SSSR count). The Morgan fingerprint density at radius 2 is 1.97 bits per heavy atom. The largest absolute Gasteiger partial charge is 0.385 e. The van der Waals surface area contributed by atoms with Gasteiger partial charge in [0.2, 0.25) is 0 Å². The van der Waals surface area contributed by atoms with Crippen LogP contribution in [0.1, 0.15) is 54.9 Å². The topological polar surface area (TPSA) is 89.3 Å². The number of benzene rings is 2. The Labute approximate surface area is 217 Å². The smallest absolute Gasteiger partial charge is 0.157 e. The van der Waals surface area contributed by atoms with E-state index in [1.807, 2.05) is 19.1 Å². The molecular weight excluding hydrogens is 462 g/mol. The van der Waals surface area contributed by atoms with Crippen molar-refractivity contribution in [1.29, 1.82) is 0 Å². The number of aromatic nitrogens is 3. The molecule has 2 unspecified atom stereocenters. The molecule has 0 bridgehead atoms. The van der Waals surface area contributed by atoms with Gasteiger partial charge in [-0.1, -0.05) is 18.2 Å². The number of nitrogens with zero attached hydrogens (tertiary/aromatic N) is 4. The third-order valence-corrected chi connectivity index (χ3v) is 8.24. The molecule has 1 aliphatic carbocycles. The number of imidazole rings is 1. The van der Waals surface area contributed by atoms with Gasteiger partial charge in [-0.25, -0.2) is 4.98 Å². The fraction of sp³-hybridized carbons (Fsp3) is 0.467. The van der Waals surface area contributed by atoms with E-state index >= 15 is 0 Å². The van der Waals surface area contributed by atoms with E-state index < -0.39 is 5.60 Å².